The van der Waals surface area contributed by atoms with Crippen molar-refractivity contribution in [3.8, 4) is 22.9 Å². The Morgan fingerprint density at radius 2 is 1.96 bits per heavy atom. The van der Waals surface area contributed by atoms with Crippen LogP contribution in [0, 0.1) is 17.3 Å². The number of hydrogen-bond donors (Lipinski definition) is 1. The number of rotatable bonds is 2. The minimum absolute atomic E-state index is 0.0157. The van der Waals surface area contributed by atoms with E-state index in [2.05, 4.69) is 0 Å². The van der Waals surface area contributed by atoms with Crippen molar-refractivity contribution in [2.24, 2.45) is 0 Å². The Morgan fingerprint density at radius 1 is 1.23 bits per heavy atom. The summed E-state index contributed by atoms with van der Waals surface area (Å²) in [5.41, 5.74) is 0.818. The Labute approximate surface area is 149 Å². The molecule has 0 fully saturated rings. The van der Waals surface area contributed by atoms with Crippen LogP contribution < -0.4 is 0 Å². The zero-order chi connectivity index (χ0) is 19.1. The molecule has 0 aliphatic carbocycles. The average Bonchev–Trinajstić information content (AvgIpc) is 2.91. The number of nitrogens with zero attached hydrogens (tertiary/aromatic N) is 1. The molecule has 0 saturated heterocycles. The zero-order valence-corrected chi connectivity index (χ0v) is 14.5. The number of esters is 1. The highest BCUT2D eigenvalue weighted by molar-refractivity contribution is 5.97. The number of carbonyl (C=O) groups is 1. The van der Waals surface area contributed by atoms with Crippen LogP contribution in [0.5, 0.6) is 5.75 Å². The molecule has 0 aliphatic rings. The van der Waals surface area contributed by atoms with E-state index in [4.69, 9.17) is 14.4 Å². The van der Waals surface area contributed by atoms with Gasteiger partial charge in [-0.25, -0.2) is 4.79 Å². The molecule has 132 valence electrons. The monoisotopic (exact) mass is 353 g/mol. The molecule has 2 aromatic carbocycles. The number of benzene rings is 2. The molecule has 0 spiro atoms. The minimum atomic E-state index is -0.772. The van der Waals surface area contributed by atoms with E-state index in [0.29, 0.717) is 22.1 Å². The molecule has 1 N–H and O–H groups in total. The second kappa shape index (κ2) is 6.19. The van der Waals surface area contributed by atoms with E-state index in [1.54, 1.807) is 26.8 Å². The fraction of sp³-hybridized carbons (Fsp3) is 0.200. The van der Waals surface area contributed by atoms with Crippen molar-refractivity contribution in [1.29, 1.82) is 5.26 Å². The number of furan rings is 1. The Morgan fingerprint density at radius 3 is 2.58 bits per heavy atom. The standard InChI is InChI=1S/C20H16FNO4/c1-20(2,3)26-19(24)14-5-4-12(8-16(14)23)15-7-11(10-22)6-13-9-17(21)25-18(13)15/h4-9,23H,1-3H3. The minimum Gasteiger partial charge on any atom is -0.507 e. The van der Waals surface area contributed by atoms with Gasteiger partial charge >= 0.3 is 5.97 Å². The first-order chi connectivity index (χ1) is 12.2. The van der Waals surface area contributed by atoms with Crippen LogP contribution in [0.2, 0.25) is 0 Å². The Kier molecular flexibility index (Phi) is 4.17. The summed E-state index contributed by atoms with van der Waals surface area (Å²) in [6.45, 7) is 5.18. The summed E-state index contributed by atoms with van der Waals surface area (Å²) < 4.78 is 23.8. The van der Waals surface area contributed by atoms with Gasteiger partial charge in [-0.1, -0.05) is 6.07 Å². The van der Waals surface area contributed by atoms with Crippen molar-refractivity contribution < 1.29 is 23.4 Å². The van der Waals surface area contributed by atoms with E-state index in [-0.39, 0.29) is 16.9 Å². The molecule has 0 saturated carbocycles. The fourth-order valence-corrected chi connectivity index (χ4v) is 2.61. The summed E-state index contributed by atoms with van der Waals surface area (Å²) in [6.07, 6.45) is 0. The number of ether oxygens (including phenoxy) is 1. The maximum atomic E-state index is 13.5. The van der Waals surface area contributed by atoms with Crippen LogP contribution >= 0.6 is 0 Å². The Hall–Kier alpha value is -3.33. The van der Waals surface area contributed by atoms with Gasteiger partial charge in [-0.05, 0) is 50.6 Å². The van der Waals surface area contributed by atoms with Gasteiger partial charge in [0.05, 0.1) is 11.6 Å². The predicted molar refractivity (Wildman–Crippen MR) is 93.2 cm³/mol. The van der Waals surface area contributed by atoms with E-state index >= 15 is 0 Å². The largest absolute Gasteiger partial charge is 0.507 e. The van der Waals surface area contributed by atoms with Gasteiger partial charge in [0.1, 0.15) is 22.5 Å². The molecule has 0 aliphatic heterocycles. The lowest BCUT2D eigenvalue weighted by molar-refractivity contribution is 0.00668. The molecule has 3 aromatic rings. The van der Waals surface area contributed by atoms with E-state index < -0.39 is 17.6 Å². The Balaban J connectivity index is 2.09. The molecule has 0 bridgehead atoms. The van der Waals surface area contributed by atoms with Gasteiger partial charge in [-0.3, -0.25) is 0 Å². The lowest BCUT2D eigenvalue weighted by atomic mass is 9.99. The summed E-state index contributed by atoms with van der Waals surface area (Å²) in [7, 11) is 0. The number of phenolic OH excluding ortho intramolecular Hbond substituents is 1. The first-order valence-electron chi connectivity index (χ1n) is 7.88. The number of carbonyl (C=O) groups excluding carboxylic acids is 1. The average molecular weight is 353 g/mol. The molecular formula is C20H16FNO4. The van der Waals surface area contributed by atoms with Crippen molar-refractivity contribution in [3.05, 3.63) is 53.5 Å². The third-order valence-electron chi connectivity index (χ3n) is 3.64. The highest BCUT2D eigenvalue weighted by Gasteiger charge is 2.21. The smallest absolute Gasteiger partial charge is 0.342 e. The molecule has 0 unspecified atom stereocenters. The van der Waals surface area contributed by atoms with Gasteiger partial charge in [-0.15, -0.1) is 0 Å². The highest BCUT2D eigenvalue weighted by atomic mass is 19.1. The van der Waals surface area contributed by atoms with E-state index in [1.165, 1.54) is 30.3 Å². The van der Waals surface area contributed by atoms with Crippen LogP contribution in [0.25, 0.3) is 22.1 Å². The van der Waals surface area contributed by atoms with Gasteiger partial charge in [0.15, 0.2) is 0 Å². The predicted octanol–water partition coefficient (Wildman–Crippen LogP) is 4.77. The molecule has 0 atom stereocenters. The quantitative estimate of drug-likeness (QED) is 0.671. The van der Waals surface area contributed by atoms with Crippen LogP contribution in [0.3, 0.4) is 0 Å². The number of hydrogen-bond acceptors (Lipinski definition) is 5. The molecule has 3 rings (SSSR count). The van der Waals surface area contributed by atoms with Crippen molar-refractivity contribution in [1.82, 2.24) is 0 Å². The third-order valence-corrected chi connectivity index (χ3v) is 3.64. The molecule has 0 amide bonds. The van der Waals surface area contributed by atoms with E-state index in [9.17, 15) is 14.3 Å². The number of halogens is 1. The molecular weight excluding hydrogens is 337 g/mol. The van der Waals surface area contributed by atoms with Gasteiger partial charge in [-0.2, -0.15) is 9.65 Å². The Bertz CT molecular complexity index is 1050. The van der Waals surface area contributed by atoms with Crippen LogP contribution in [-0.4, -0.2) is 16.7 Å². The van der Waals surface area contributed by atoms with Crippen LogP contribution in [-0.2, 0) is 4.74 Å². The number of nitriles is 1. The van der Waals surface area contributed by atoms with Crippen LogP contribution in [0.4, 0.5) is 4.39 Å². The maximum Gasteiger partial charge on any atom is 0.342 e. The SMILES string of the molecule is CC(C)(C)OC(=O)c1ccc(-c2cc(C#N)cc3cc(F)oc23)cc1O. The van der Waals surface area contributed by atoms with E-state index in [0.717, 1.165) is 0 Å². The number of fused-ring (bicyclic) bond motifs is 1. The van der Waals surface area contributed by atoms with Crippen molar-refractivity contribution in [2.75, 3.05) is 0 Å². The summed E-state index contributed by atoms with van der Waals surface area (Å²) in [5, 5.41) is 19.9. The lowest BCUT2D eigenvalue weighted by Gasteiger charge is -2.20. The molecule has 1 aromatic heterocycles. The van der Waals surface area contributed by atoms with Gasteiger partial charge in [0.2, 0.25) is 0 Å². The molecule has 6 heteroatoms. The van der Waals surface area contributed by atoms with Crippen molar-refractivity contribution >= 4 is 16.9 Å². The first-order valence-corrected chi connectivity index (χ1v) is 7.88. The second-order valence-corrected chi connectivity index (χ2v) is 6.84. The topological polar surface area (TPSA) is 83.5 Å². The fourth-order valence-electron chi connectivity index (χ4n) is 2.61. The van der Waals surface area contributed by atoms with Crippen LogP contribution in [0.15, 0.2) is 40.8 Å². The molecule has 0 radical (unpaired) electrons. The lowest BCUT2D eigenvalue weighted by Crippen LogP contribution is -2.23. The zero-order valence-electron chi connectivity index (χ0n) is 14.5. The molecule has 5 nitrogen and oxygen atoms in total. The number of aromatic hydroxyl groups is 1. The van der Waals surface area contributed by atoms with Crippen LogP contribution in [0.1, 0.15) is 36.7 Å². The van der Waals surface area contributed by atoms with Crippen molar-refractivity contribution in [3.63, 3.8) is 0 Å². The van der Waals surface area contributed by atoms with E-state index in [1.807, 2.05) is 6.07 Å². The van der Waals surface area contributed by atoms with Gasteiger partial charge in [0.25, 0.3) is 6.01 Å². The second-order valence-electron chi connectivity index (χ2n) is 6.84. The first kappa shape index (κ1) is 17.5. The van der Waals surface area contributed by atoms with Gasteiger partial charge < -0.3 is 14.3 Å². The third kappa shape index (κ3) is 3.38. The molecule has 26 heavy (non-hydrogen) atoms. The number of phenols is 1. The maximum absolute atomic E-state index is 13.5. The van der Waals surface area contributed by atoms with Gasteiger partial charge in [0, 0.05) is 17.0 Å². The summed E-state index contributed by atoms with van der Waals surface area (Å²) in [4.78, 5) is 12.2. The summed E-state index contributed by atoms with van der Waals surface area (Å²) in [5.74, 6) is -0.930. The highest BCUT2D eigenvalue weighted by Crippen LogP contribution is 2.35. The molecule has 1 heterocycles. The summed E-state index contributed by atoms with van der Waals surface area (Å²) in [6, 6.07) is 9.83. The van der Waals surface area contributed by atoms with Crippen molar-refractivity contribution in [2.45, 2.75) is 26.4 Å². The normalized spacial score (nSPS) is 11.3. The summed E-state index contributed by atoms with van der Waals surface area (Å²) >= 11 is 0.